The van der Waals surface area contributed by atoms with Gasteiger partial charge in [0.2, 0.25) is 10.0 Å². The predicted octanol–water partition coefficient (Wildman–Crippen LogP) is 2.00. The molecule has 2 aromatic rings. The van der Waals surface area contributed by atoms with Gasteiger partial charge in [-0.05, 0) is 37.8 Å². The van der Waals surface area contributed by atoms with Crippen molar-refractivity contribution in [2.24, 2.45) is 5.92 Å². The Morgan fingerprint density at radius 1 is 1.43 bits per heavy atom. The van der Waals surface area contributed by atoms with Crippen LogP contribution in [-0.4, -0.2) is 34.1 Å². The van der Waals surface area contributed by atoms with Gasteiger partial charge in [0.25, 0.3) is 0 Å². The molecule has 1 atom stereocenters. The fraction of sp³-hybridized carbons (Fsp3) is 0.462. The predicted molar refractivity (Wildman–Crippen MR) is 79.1 cm³/mol. The molecule has 110 valence electrons. The molecule has 1 aliphatic rings. The fourth-order valence-corrected chi connectivity index (χ4v) is 4.69. The van der Waals surface area contributed by atoms with Crippen LogP contribution in [0.5, 0.6) is 0 Å². The summed E-state index contributed by atoms with van der Waals surface area (Å²) in [5.74, 6) is 0.0926. The van der Waals surface area contributed by atoms with Crippen LogP contribution >= 0.6 is 11.7 Å². The zero-order chi connectivity index (χ0) is 15.3. The average molecular weight is 322 g/mol. The summed E-state index contributed by atoms with van der Waals surface area (Å²) in [6.45, 7) is 1.68. The van der Waals surface area contributed by atoms with Crippen LogP contribution in [0.3, 0.4) is 0 Å². The van der Waals surface area contributed by atoms with Crippen molar-refractivity contribution in [3.8, 4) is 6.07 Å². The lowest BCUT2D eigenvalue weighted by molar-refractivity contribution is 0.277. The molecule has 8 heteroatoms. The highest BCUT2D eigenvalue weighted by atomic mass is 32.2. The maximum atomic E-state index is 12.9. The molecule has 0 saturated heterocycles. The molecule has 0 amide bonds. The van der Waals surface area contributed by atoms with Gasteiger partial charge >= 0.3 is 0 Å². The molecule has 0 N–H and O–H groups in total. The number of hydrogen-bond acceptors (Lipinski definition) is 6. The minimum Gasteiger partial charge on any atom is -0.207 e. The van der Waals surface area contributed by atoms with Crippen molar-refractivity contribution < 1.29 is 8.42 Å². The van der Waals surface area contributed by atoms with Crippen molar-refractivity contribution >= 4 is 32.8 Å². The second kappa shape index (κ2) is 4.73. The number of hydrogen-bond donors (Lipinski definition) is 0. The molecule has 1 aromatic heterocycles. The van der Waals surface area contributed by atoms with E-state index in [1.807, 2.05) is 0 Å². The van der Waals surface area contributed by atoms with E-state index in [9.17, 15) is 13.7 Å². The highest BCUT2D eigenvalue weighted by Gasteiger charge is 2.49. The third-order valence-electron chi connectivity index (χ3n) is 4.14. The van der Waals surface area contributed by atoms with Gasteiger partial charge in [-0.3, -0.25) is 0 Å². The molecule has 1 saturated carbocycles. The van der Waals surface area contributed by atoms with Crippen molar-refractivity contribution in [1.29, 1.82) is 5.26 Å². The Labute approximate surface area is 127 Å². The van der Waals surface area contributed by atoms with Crippen molar-refractivity contribution in [1.82, 2.24) is 13.1 Å². The van der Waals surface area contributed by atoms with E-state index in [1.165, 1.54) is 17.4 Å². The van der Waals surface area contributed by atoms with Crippen LogP contribution in [0.2, 0.25) is 0 Å². The van der Waals surface area contributed by atoms with Crippen LogP contribution in [0.4, 0.5) is 0 Å². The fourth-order valence-electron chi connectivity index (χ4n) is 2.45. The van der Waals surface area contributed by atoms with Crippen LogP contribution in [-0.2, 0) is 10.0 Å². The van der Waals surface area contributed by atoms with Crippen molar-refractivity contribution in [3.05, 3.63) is 18.2 Å². The number of benzene rings is 1. The van der Waals surface area contributed by atoms with Gasteiger partial charge in [0.1, 0.15) is 21.5 Å². The van der Waals surface area contributed by atoms with Crippen LogP contribution in [0.25, 0.3) is 11.0 Å². The van der Waals surface area contributed by atoms with Crippen LogP contribution < -0.4 is 0 Å². The number of fused-ring (bicyclic) bond motifs is 1. The smallest absolute Gasteiger partial charge is 0.207 e. The Bertz CT molecular complexity index is 835. The monoisotopic (exact) mass is 322 g/mol. The number of aromatic nitrogens is 2. The lowest BCUT2D eigenvalue weighted by Gasteiger charge is -2.32. The maximum absolute atomic E-state index is 12.9. The molecule has 0 spiro atoms. The van der Waals surface area contributed by atoms with Gasteiger partial charge in [-0.15, -0.1) is 0 Å². The summed E-state index contributed by atoms with van der Waals surface area (Å²) in [5, 5.41) is 9.47. The molecular weight excluding hydrogens is 308 g/mol. The molecule has 1 aromatic carbocycles. The number of nitriles is 1. The zero-order valence-electron chi connectivity index (χ0n) is 11.6. The molecule has 3 rings (SSSR count). The van der Waals surface area contributed by atoms with Crippen molar-refractivity contribution in [2.45, 2.75) is 30.2 Å². The van der Waals surface area contributed by atoms with Gasteiger partial charge in [-0.25, -0.2) is 8.42 Å². The molecule has 0 radical (unpaired) electrons. The van der Waals surface area contributed by atoms with E-state index in [1.54, 1.807) is 19.1 Å². The molecular formula is C13H14N4O2S2. The Balaban J connectivity index is 2.12. The van der Waals surface area contributed by atoms with Gasteiger partial charge in [-0.1, -0.05) is 6.07 Å². The number of nitrogens with zero attached hydrogens (tertiary/aromatic N) is 4. The zero-order valence-corrected chi connectivity index (χ0v) is 13.3. The third-order valence-corrected chi connectivity index (χ3v) is 6.67. The lowest BCUT2D eigenvalue weighted by atomic mass is 9.99. The maximum Gasteiger partial charge on any atom is 0.246 e. The van der Waals surface area contributed by atoms with E-state index < -0.39 is 15.6 Å². The first-order valence-electron chi connectivity index (χ1n) is 6.53. The molecule has 0 unspecified atom stereocenters. The van der Waals surface area contributed by atoms with E-state index in [2.05, 4.69) is 14.8 Å². The van der Waals surface area contributed by atoms with Gasteiger partial charge in [0, 0.05) is 7.05 Å². The second-order valence-electron chi connectivity index (χ2n) is 5.39. The largest absolute Gasteiger partial charge is 0.246 e. The molecule has 1 aliphatic carbocycles. The van der Waals surface area contributed by atoms with Crippen LogP contribution in [0.15, 0.2) is 23.1 Å². The van der Waals surface area contributed by atoms with Crippen molar-refractivity contribution in [2.75, 3.05) is 7.05 Å². The first kappa shape index (κ1) is 14.4. The normalized spacial score (nSPS) is 18.6. The molecule has 6 nitrogen and oxygen atoms in total. The summed E-state index contributed by atoms with van der Waals surface area (Å²) >= 11 is 0.979. The molecule has 21 heavy (non-hydrogen) atoms. The summed E-state index contributed by atoms with van der Waals surface area (Å²) in [7, 11) is -2.33. The summed E-state index contributed by atoms with van der Waals surface area (Å²) in [6.07, 6.45) is 1.76. The SMILES string of the molecule is CN([C@](C)(C#N)C1CC1)S(=O)(=O)c1cccc2nsnc12. The highest BCUT2D eigenvalue weighted by Crippen LogP contribution is 2.44. The van der Waals surface area contributed by atoms with Crippen LogP contribution in [0.1, 0.15) is 19.8 Å². The van der Waals surface area contributed by atoms with Crippen molar-refractivity contribution in [3.63, 3.8) is 0 Å². The second-order valence-corrected chi connectivity index (χ2v) is 7.86. The Kier molecular flexibility index (Phi) is 3.24. The summed E-state index contributed by atoms with van der Waals surface area (Å²) in [5.41, 5.74) is -0.102. The Hall–Kier alpha value is -1.56. The first-order valence-corrected chi connectivity index (χ1v) is 8.70. The van der Waals surface area contributed by atoms with E-state index in [0.717, 1.165) is 24.6 Å². The molecule has 0 bridgehead atoms. The van der Waals surface area contributed by atoms with Gasteiger partial charge < -0.3 is 0 Å². The third kappa shape index (κ3) is 2.12. The number of rotatable bonds is 4. The minimum atomic E-state index is -3.80. The van der Waals surface area contributed by atoms with Crippen LogP contribution in [0, 0.1) is 17.2 Å². The Morgan fingerprint density at radius 3 is 2.76 bits per heavy atom. The number of sulfonamides is 1. The van der Waals surface area contributed by atoms with E-state index in [-0.39, 0.29) is 10.8 Å². The lowest BCUT2D eigenvalue weighted by Crippen LogP contribution is -2.47. The average Bonchev–Trinajstić information content (AvgIpc) is 3.23. The van der Waals surface area contributed by atoms with Gasteiger partial charge in [-0.2, -0.15) is 18.3 Å². The van der Waals surface area contributed by atoms with Gasteiger partial charge in [0.15, 0.2) is 0 Å². The molecule has 1 fully saturated rings. The standard InChI is InChI=1S/C13H14N4O2S2/c1-13(8-14,9-6-7-9)17(2)21(18,19)11-5-3-4-10-12(11)16-20-15-10/h3-5,9H,6-7H2,1-2H3/t13-/m1/s1. The molecule has 1 heterocycles. The summed E-state index contributed by atoms with van der Waals surface area (Å²) in [4.78, 5) is 0.110. The quantitative estimate of drug-likeness (QED) is 0.859. The summed E-state index contributed by atoms with van der Waals surface area (Å²) in [6, 6.07) is 7.05. The van der Waals surface area contributed by atoms with E-state index in [4.69, 9.17) is 0 Å². The van der Waals surface area contributed by atoms with E-state index in [0.29, 0.717) is 11.0 Å². The topological polar surface area (TPSA) is 87.0 Å². The highest BCUT2D eigenvalue weighted by molar-refractivity contribution is 7.89. The Morgan fingerprint density at radius 2 is 2.14 bits per heavy atom. The molecule has 0 aliphatic heterocycles. The van der Waals surface area contributed by atoms with E-state index >= 15 is 0 Å². The van der Waals surface area contributed by atoms with Gasteiger partial charge in [0.05, 0.1) is 17.8 Å². The first-order chi connectivity index (χ1) is 9.91. The minimum absolute atomic E-state index is 0.0926. The summed E-state index contributed by atoms with van der Waals surface area (Å²) < 4.78 is 35.1.